The van der Waals surface area contributed by atoms with Crippen molar-refractivity contribution in [2.45, 2.75) is 57.4 Å². The van der Waals surface area contributed by atoms with Crippen molar-refractivity contribution in [1.82, 2.24) is 9.47 Å². The normalized spacial score (nSPS) is 25.3. The molecule has 0 aromatic carbocycles. The monoisotopic (exact) mass is 387 g/mol. The van der Waals surface area contributed by atoms with Crippen LogP contribution in [0.2, 0.25) is 0 Å². The highest BCUT2D eigenvalue weighted by Crippen LogP contribution is 2.36. The van der Waals surface area contributed by atoms with Crippen molar-refractivity contribution in [1.29, 1.82) is 0 Å². The molecule has 6 nitrogen and oxygen atoms in total. The Hall–Kier alpha value is -1.66. The van der Waals surface area contributed by atoms with Crippen molar-refractivity contribution < 1.29 is 9.53 Å². The van der Waals surface area contributed by atoms with Crippen LogP contribution in [0.1, 0.15) is 56.6 Å². The van der Waals surface area contributed by atoms with Crippen LogP contribution in [-0.4, -0.2) is 48.7 Å². The van der Waals surface area contributed by atoms with E-state index < -0.39 is 0 Å². The lowest BCUT2D eigenvalue weighted by molar-refractivity contribution is -0.117. The van der Waals surface area contributed by atoms with Crippen LogP contribution < -0.4 is 10.9 Å². The van der Waals surface area contributed by atoms with Crippen LogP contribution in [0, 0.1) is 11.8 Å². The Kier molecular flexibility index (Phi) is 6.16. The van der Waals surface area contributed by atoms with Crippen LogP contribution in [0.15, 0.2) is 16.9 Å². The largest absolute Gasteiger partial charge is 0.384 e. The highest BCUT2D eigenvalue weighted by molar-refractivity contribution is 5.90. The molecular weight excluding hydrogens is 354 g/mol. The van der Waals surface area contributed by atoms with Gasteiger partial charge in [-0.15, -0.1) is 0 Å². The number of pyridine rings is 1. The van der Waals surface area contributed by atoms with E-state index in [-0.39, 0.29) is 17.9 Å². The van der Waals surface area contributed by atoms with Gasteiger partial charge in [-0.1, -0.05) is 19.3 Å². The molecule has 154 valence electrons. The molecule has 3 aliphatic rings. The van der Waals surface area contributed by atoms with E-state index in [0.29, 0.717) is 24.1 Å². The second-order valence-corrected chi connectivity index (χ2v) is 8.90. The highest BCUT2D eigenvalue weighted by Gasteiger charge is 2.35. The van der Waals surface area contributed by atoms with E-state index in [9.17, 15) is 9.59 Å². The molecule has 1 N–H and O–H groups in total. The molecule has 2 atom stereocenters. The number of rotatable bonds is 6. The molecule has 1 saturated carbocycles. The van der Waals surface area contributed by atoms with E-state index >= 15 is 0 Å². The fourth-order valence-corrected chi connectivity index (χ4v) is 5.43. The summed E-state index contributed by atoms with van der Waals surface area (Å²) in [7, 11) is 1.57. The molecule has 1 amide bonds. The van der Waals surface area contributed by atoms with Gasteiger partial charge >= 0.3 is 0 Å². The minimum Gasteiger partial charge on any atom is -0.384 e. The van der Waals surface area contributed by atoms with E-state index in [0.717, 1.165) is 31.2 Å². The number of carbonyl (C=O) groups excluding carboxylic acids is 1. The molecule has 2 bridgehead atoms. The van der Waals surface area contributed by atoms with Crippen LogP contribution >= 0.6 is 0 Å². The fraction of sp³-hybridized carbons (Fsp3) is 0.727. The Balaban J connectivity index is 1.45. The molecule has 1 aromatic rings. The third kappa shape index (κ3) is 4.33. The lowest BCUT2D eigenvalue weighted by Crippen LogP contribution is -2.48. The molecule has 4 rings (SSSR count). The molecule has 0 unspecified atom stereocenters. The van der Waals surface area contributed by atoms with Crippen LogP contribution in [-0.2, 0) is 16.1 Å². The summed E-state index contributed by atoms with van der Waals surface area (Å²) in [5, 5.41) is 2.76. The maximum absolute atomic E-state index is 13.0. The topological polar surface area (TPSA) is 63.6 Å². The number of nitrogens with one attached hydrogen (secondary N) is 1. The zero-order valence-electron chi connectivity index (χ0n) is 17.0. The van der Waals surface area contributed by atoms with Gasteiger partial charge in [0.05, 0.1) is 13.0 Å². The number of anilines is 1. The molecule has 0 spiro atoms. The Labute approximate surface area is 167 Å². The minimum atomic E-state index is -0.172. The first-order valence-corrected chi connectivity index (χ1v) is 10.9. The van der Waals surface area contributed by atoms with Crippen molar-refractivity contribution >= 4 is 11.6 Å². The van der Waals surface area contributed by atoms with Crippen LogP contribution in [0.3, 0.4) is 0 Å². The molecular formula is C22H33N3O3. The average molecular weight is 388 g/mol. The summed E-state index contributed by atoms with van der Waals surface area (Å²) in [5.41, 5.74) is 1.48. The molecule has 3 heterocycles. The van der Waals surface area contributed by atoms with Gasteiger partial charge in [-0.3, -0.25) is 9.59 Å². The van der Waals surface area contributed by atoms with Gasteiger partial charge in [-0.2, -0.15) is 0 Å². The Morgan fingerprint density at radius 2 is 2.00 bits per heavy atom. The van der Waals surface area contributed by atoms with Crippen molar-refractivity contribution in [2.75, 3.05) is 38.7 Å². The van der Waals surface area contributed by atoms with Crippen LogP contribution in [0.5, 0.6) is 0 Å². The quantitative estimate of drug-likeness (QED) is 0.815. The van der Waals surface area contributed by atoms with Crippen molar-refractivity contribution in [3.05, 3.63) is 28.2 Å². The number of hydrogen-bond donors (Lipinski definition) is 1. The first kappa shape index (κ1) is 19.6. The Bertz CT molecular complexity index is 754. The zero-order valence-corrected chi connectivity index (χ0v) is 17.0. The molecule has 1 aliphatic carbocycles. The summed E-state index contributed by atoms with van der Waals surface area (Å²) >= 11 is 0. The highest BCUT2D eigenvalue weighted by atomic mass is 16.5. The summed E-state index contributed by atoms with van der Waals surface area (Å²) in [6.45, 7) is 4.52. The van der Waals surface area contributed by atoms with E-state index in [1.807, 2.05) is 4.57 Å². The molecule has 2 aliphatic heterocycles. The second kappa shape index (κ2) is 8.78. The number of likely N-dealkylation sites (tertiary alicyclic amines) is 1. The van der Waals surface area contributed by atoms with Crippen molar-refractivity contribution in [2.24, 2.45) is 11.8 Å². The first-order valence-electron chi connectivity index (χ1n) is 10.9. The lowest BCUT2D eigenvalue weighted by atomic mass is 9.81. The number of nitrogens with zero attached hydrogens (tertiary/aromatic N) is 2. The smallest absolute Gasteiger partial charge is 0.274 e. The lowest BCUT2D eigenvalue weighted by Gasteiger charge is -2.44. The molecule has 2 fully saturated rings. The van der Waals surface area contributed by atoms with Gasteiger partial charge in [0.25, 0.3) is 5.56 Å². The third-order valence-electron chi connectivity index (χ3n) is 6.73. The van der Waals surface area contributed by atoms with Gasteiger partial charge in [0.2, 0.25) is 5.91 Å². The zero-order chi connectivity index (χ0) is 19.5. The number of fused-ring (bicyclic) bond motifs is 4. The Morgan fingerprint density at radius 3 is 2.79 bits per heavy atom. The number of carbonyl (C=O) groups is 1. The average Bonchev–Trinajstić information content (AvgIpc) is 2.69. The second-order valence-electron chi connectivity index (χ2n) is 8.90. The summed E-state index contributed by atoms with van der Waals surface area (Å²) in [4.78, 5) is 27.6. The number of ether oxygens (including phenoxy) is 1. The molecule has 6 heteroatoms. The van der Waals surface area contributed by atoms with Gasteiger partial charge in [-0.05, 0) is 43.2 Å². The molecule has 1 aromatic heterocycles. The van der Waals surface area contributed by atoms with Gasteiger partial charge in [0.15, 0.2) is 0 Å². The predicted molar refractivity (Wildman–Crippen MR) is 110 cm³/mol. The van der Waals surface area contributed by atoms with E-state index in [4.69, 9.17) is 4.74 Å². The van der Waals surface area contributed by atoms with Crippen LogP contribution in [0.25, 0.3) is 0 Å². The maximum atomic E-state index is 13.0. The van der Waals surface area contributed by atoms with E-state index in [2.05, 4.69) is 16.3 Å². The maximum Gasteiger partial charge on any atom is 0.274 e. The van der Waals surface area contributed by atoms with Crippen molar-refractivity contribution in [3.8, 4) is 0 Å². The number of aromatic nitrogens is 1. The number of methoxy groups -OCH3 is 1. The van der Waals surface area contributed by atoms with Gasteiger partial charge in [0, 0.05) is 44.9 Å². The molecule has 0 radical (unpaired) electrons. The van der Waals surface area contributed by atoms with Crippen LogP contribution in [0.4, 0.5) is 5.69 Å². The summed E-state index contributed by atoms with van der Waals surface area (Å²) in [5.74, 6) is 1.66. The summed E-state index contributed by atoms with van der Waals surface area (Å²) in [6.07, 6.45) is 8.40. The van der Waals surface area contributed by atoms with Crippen molar-refractivity contribution in [3.63, 3.8) is 0 Å². The predicted octanol–water partition coefficient (Wildman–Crippen LogP) is 2.82. The molecule has 28 heavy (non-hydrogen) atoms. The fourth-order valence-electron chi connectivity index (χ4n) is 5.43. The SMILES string of the molecule is COCCC(=O)Nc1ccc2n(c1=O)C[C@H]1C[C@@H]2CN(CC2CCCCC2)C1. The summed E-state index contributed by atoms with van der Waals surface area (Å²) < 4.78 is 6.86. The van der Waals surface area contributed by atoms with Gasteiger partial charge in [-0.25, -0.2) is 0 Å². The van der Waals surface area contributed by atoms with E-state index in [1.165, 1.54) is 45.1 Å². The third-order valence-corrected chi connectivity index (χ3v) is 6.73. The summed E-state index contributed by atoms with van der Waals surface area (Å²) in [6, 6.07) is 3.84. The van der Waals surface area contributed by atoms with Gasteiger partial charge in [0.1, 0.15) is 5.69 Å². The molecule has 1 saturated heterocycles. The van der Waals surface area contributed by atoms with E-state index in [1.54, 1.807) is 13.2 Å². The minimum absolute atomic E-state index is 0.0568. The number of hydrogen-bond acceptors (Lipinski definition) is 4. The Morgan fingerprint density at radius 1 is 1.18 bits per heavy atom. The number of amides is 1. The standard InChI is InChI=1S/C22H33N3O3/c1-28-10-9-21(26)23-19-7-8-20-18-11-17(14-25(20)22(19)27)13-24(15-18)12-16-5-3-2-4-6-16/h7-8,16-18H,2-6,9-15H2,1H3,(H,23,26)/t17-,18+/m0/s1. The first-order chi connectivity index (χ1) is 13.6. The van der Waals surface area contributed by atoms with Gasteiger partial charge < -0.3 is 19.5 Å². The number of piperidine rings is 1.